The molecule has 0 bridgehead atoms. The summed E-state index contributed by atoms with van der Waals surface area (Å²) in [6.07, 6.45) is 14.4. The summed E-state index contributed by atoms with van der Waals surface area (Å²) >= 11 is 0. The van der Waals surface area contributed by atoms with Crippen LogP contribution in [0.1, 0.15) is 186 Å². The van der Waals surface area contributed by atoms with E-state index in [1.165, 1.54) is 30.4 Å². The predicted molar refractivity (Wildman–Crippen MR) is 334 cm³/mol. The number of hydroxylamine groups is 2. The van der Waals surface area contributed by atoms with Crippen LogP contribution in [-0.4, -0.2) is 171 Å². The molecule has 10 atom stereocenters. The zero-order valence-electron chi connectivity index (χ0n) is 54.9. The molecular weight excluding hydrogens is 1140 g/mol. The molecule has 492 valence electrons. The van der Waals surface area contributed by atoms with Gasteiger partial charge in [0.25, 0.3) is 11.8 Å². The third kappa shape index (κ3) is 21.4. The Morgan fingerprint density at radius 2 is 1.48 bits per heavy atom. The molecule has 7 rings (SSSR count). The Morgan fingerprint density at radius 3 is 2.09 bits per heavy atom. The average Bonchev–Trinajstić information content (AvgIpc) is 1.54. The van der Waals surface area contributed by atoms with Gasteiger partial charge in [-0.1, -0.05) is 94.2 Å². The molecule has 0 aromatic heterocycles. The lowest BCUT2D eigenvalue weighted by atomic mass is 9.56. The summed E-state index contributed by atoms with van der Waals surface area (Å²) in [5.74, 6) is 3.57. The zero-order chi connectivity index (χ0) is 64.3. The first-order valence-corrected chi connectivity index (χ1v) is 33.8. The van der Waals surface area contributed by atoms with Crippen LogP contribution in [0.2, 0.25) is 0 Å². The number of carbonyl (C=O) groups is 7. The molecule has 21 heteroatoms. The van der Waals surface area contributed by atoms with Crippen LogP contribution in [0.4, 0.5) is 0 Å². The van der Waals surface area contributed by atoms with Gasteiger partial charge in [-0.25, -0.2) is 0 Å². The summed E-state index contributed by atoms with van der Waals surface area (Å²) in [6, 6.07) is 0.191. The highest BCUT2D eigenvalue weighted by Gasteiger charge is 2.62. The highest BCUT2D eigenvalue weighted by atomic mass is 33.1. The minimum atomic E-state index is -0.577. The van der Waals surface area contributed by atoms with Crippen molar-refractivity contribution in [3.8, 4) is 0 Å². The number of allylic oxidation sites excluding steroid dienone is 2. The van der Waals surface area contributed by atoms with Crippen molar-refractivity contribution >= 4 is 64.0 Å². The molecule has 3 aliphatic heterocycles. The average molecular weight is 1250 g/mol. The highest BCUT2D eigenvalue weighted by Crippen LogP contribution is 2.65. The molecule has 5 fully saturated rings. The number of esters is 2. The fourth-order valence-electron chi connectivity index (χ4n) is 13.4. The van der Waals surface area contributed by atoms with E-state index in [0.717, 1.165) is 62.5 Å². The first kappa shape index (κ1) is 75.1. The van der Waals surface area contributed by atoms with Gasteiger partial charge in [0.2, 0.25) is 5.91 Å². The van der Waals surface area contributed by atoms with E-state index < -0.39 is 17.4 Å². The number of aliphatic hydroxyl groups is 1. The second kappa shape index (κ2) is 34.1. The van der Waals surface area contributed by atoms with Crippen LogP contribution in [0.5, 0.6) is 0 Å². The second-order valence-corrected chi connectivity index (χ2v) is 30.5. The number of methoxy groups -OCH3 is 2. The maximum atomic E-state index is 13.6. The number of amides is 3. The number of piperidine rings is 1. The van der Waals surface area contributed by atoms with Crippen LogP contribution in [0, 0.1) is 45.8 Å². The number of aliphatic hydroxyl groups excluding tert-OH is 1. The van der Waals surface area contributed by atoms with E-state index in [0.29, 0.717) is 93.3 Å². The Labute approximate surface area is 522 Å². The summed E-state index contributed by atoms with van der Waals surface area (Å²) in [5, 5.41) is 10.9. The van der Waals surface area contributed by atoms with Crippen LogP contribution >= 0.6 is 21.6 Å². The van der Waals surface area contributed by atoms with Crippen LogP contribution < -0.4 is 5.73 Å². The van der Waals surface area contributed by atoms with E-state index >= 15 is 0 Å². The molecule has 0 radical (unpaired) electrons. The number of aldehydes is 1. The van der Waals surface area contributed by atoms with E-state index in [9.17, 15) is 38.7 Å². The number of fused-ring (bicyclic) bond motifs is 6. The van der Waals surface area contributed by atoms with E-state index in [2.05, 4.69) is 57.4 Å². The second-order valence-electron chi connectivity index (χ2n) is 27.8. The normalized spacial score (nSPS) is 27.8. The van der Waals surface area contributed by atoms with Crippen LogP contribution in [0.25, 0.3) is 0 Å². The van der Waals surface area contributed by atoms with E-state index in [-0.39, 0.29) is 96.4 Å². The fraction of sp³-hybridized carbons (Fsp3) is 0.831. The molecular formula is C65H109N3O16S2. The summed E-state index contributed by atoms with van der Waals surface area (Å²) < 4.78 is 39.3. The monoisotopic (exact) mass is 1250 g/mol. The number of nitrogens with zero attached hydrogens (tertiary/aromatic N) is 2. The van der Waals surface area contributed by atoms with Gasteiger partial charge in [0, 0.05) is 87.7 Å². The zero-order valence-corrected chi connectivity index (χ0v) is 56.5. The van der Waals surface area contributed by atoms with Crippen molar-refractivity contribution in [3.63, 3.8) is 0 Å². The number of rotatable bonds is 27. The van der Waals surface area contributed by atoms with Gasteiger partial charge in [-0.3, -0.25) is 28.8 Å². The molecule has 9 unspecified atom stereocenters. The molecule has 3 N–H and O–H groups in total. The Bertz CT molecular complexity index is 2290. The molecule has 3 heterocycles. The maximum Gasteiger partial charge on any atom is 0.321 e. The lowest BCUT2D eigenvalue weighted by Gasteiger charge is -2.49. The standard InChI is InChI=1S/C32H50N2O3S2.C15H30O4.C13H24O5.C5H5NO4/c1-19-15-28-30(34(18-19)29(36)9-13-38-39-14-12-33)21(3)32(37-28)11-8-24-25-6-5-22-16-23(35)7-10-31(22,4)27(25)17-26(24)20(32)2;1-7-8-13(16)19-12-15(4,5)11-18-10-14(2,3)9-17-6;1-12(2,16-5)10-18-13(3,4)9-17-11(15)7-6-8-14;7-3-10-6-4(8)1-2-5(6)9/h5,19,21,23-25,27-28,30,35H,6-18,33H2,1-4H3;7-12H2,1-6H3;8H,6-7,9-10H2,1-5H3;3H,1-2H2/t19?,21-,23?,24?,25?,27?,28?,30?,31?,32?;;;/m1.../s1. The molecule has 86 heavy (non-hydrogen) atoms. The van der Waals surface area contributed by atoms with E-state index in [4.69, 9.17) is 38.9 Å². The first-order valence-electron chi connectivity index (χ1n) is 31.4. The van der Waals surface area contributed by atoms with Crippen molar-refractivity contribution in [2.45, 2.75) is 221 Å². The quantitative estimate of drug-likeness (QED) is 0.0194. The van der Waals surface area contributed by atoms with Crippen LogP contribution in [-0.2, 0) is 71.6 Å². The van der Waals surface area contributed by atoms with Crippen molar-refractivity contribution in [3.05, 3.63) is 22.8 Å². The minimum absolute atomic E-state index is 0.00369. The van der Waals surface area contributed by atoms with Gasteiger partial charge in [-0.15, -0.1) is 5.06 Å². The minimum Gasteiger partial charge on any atom is -0.465 e. The van der Waals surface area contributed by atoms with E-state index in [1.807, 2.05) is 48.5 Å². The van der Waals surface area contributed by atoms with Gasteiger partial charge >= 0.3 is 18.4 Å². The summed E-state index contributed by atoms with van der Waals surface area (Å²) in [6.45, 7) is 31.8. The third-order valence-electron chi connectivity index (χ3n) is 18.2. The summed E-state index contributed by atoms with van der Waals surface area (Å²) in [4.78, 5) is 83.4. The lowest BCUT2D eigenvalue weighted by Crippen LogP contribution is -2.54. The number of hydrogen-bond donors (Lipinski definition) is 2. The van der Waals surface area contributed by atoms with Gasteiger partial charge in [-0.2, -0.15) is 0 Å². The van der Waals surface area contributed by atoms with Gasteiger partial charge in [-0.05, 0) is 127 Å². The SMILES string of the molecule is CC1=C2CC3C(CC=C4CC(O)CCC43C)C2CCC12OC1CC(C)CN(C(=O)CCSSCCN)C1[C@H]2C.CCCC(=O)OCC(C)(C)COCC(C)(C)COC.COC(C)(C)COC(C)(C)COC(=O)CCC=O.O=CON1C(=O)CCC1=O. The van der Waals surface area contributed by atoms with Crippen LogP contribution in [0.15, 0.2) is 22.8 Å². The molecule has 19 nitrogen and oxygen atoms in total. The first-order chi connectivity index (χ1) is 40.4. The Balaban J connectivity index is 0.000000282. The summed E-state index contributed by atoms with van der Waals surface area (Å²) in [5.41, 5.74) is 9.29. The smallest absolute Gasteiger partial charge is 0.321 e. The molecule has 3 saturated heterocycles. The molecule has 7 aliphatic rings. The Kier molecular flexibility index (Phi) is 29.8. The number of imide groups is 1. The molecule has 3 amide bonds. The largest absolute Gasteiger partial charge is 0.465 e. The third-order valence-corrected chi connectivity index (χ3v) is 20.6. The highest BCUT2D eigenvalue weighted by molar-refractivity contribution is 8.76. The van der Waals surface area contributed by atoms with Crippen molar-refractivity contribution in [2.75, 3.05) is 78.5 Å². The Hall–Kier alpha value is -3.41. The fourth-order valence-corrected chi connectivity index (χ4v) is 15.2. The van der Waals surface area contributed by atoms with Crippen LogP contribution in [0.3, 0.4) is 0 Å². The van der Waals surface area contributed by atoms with Gasteiger partial charge in [0.05, 0.1) is 74.5 Å². The number of ether oxygens (including phenoxy) is 7. The number of carbonyl (C=O) groups excluding carboxylic acids is 7. The molecule has 2 saturated carbocycles. The van der Waals surface area contributed by atoms with Crippen molar-refractivity contribution in [1.82, 2.24) is 9.96 Å². The molecule has 0 aromatic rings. The van der Waals surface area contributed by atoms with Crippen molar-refractivity contribution < 1.29 is 76.7 Å². The number of nitrogens with two attached hydrogens (primary N) is 1. The summed E-state index contributed by atoms with van der Waals surface area (Å²) in [7, 11) is 6.87. The molecule has 1 spiro atoms. The molecule has 0 aromatic carbocycles. The van der Waals surface area contributed by atoms with E-state index in [1.54, 1.807) is 41.4 Å². The topological polar surface area (TPSA) is 246 Å². The number of hydrogen-bond acceptors (Lipinski definition) is 19. The predicted octanol–water partition coefficient (Wildman–Crippen LogP) is 9.97. The van der Waals surface area contributed by atoms with Gasteiger partial charge in [0.1, 0.15) is 12.9 Å². The van der Waals surface area contributed by atoms with Crippen molar-refractivity contribution in [1.29, 1.82) is 0 Å². The van der Waals surface area contributed by atoms with Gasteiger partial charge < -0.3 is 58.5 Å². The van der Waals surface area contributed by atoms with Crippen molar-refractivity contribution in [2.24, 2.45) is 51.6 Å². The Morgan fingerprint density at radius 1 is 0.837 bits per heavy atom. The lowest BCUT2D eigenvalue weighted by molar-refractivity contribution is -0.188. The van der Waals surface area contributed by atoms with Gasteiger partial charge in [0.15, 0.2) is 0 Å². The number of likely N-dealkylation sites (tertiary alicyclic amines) is 1. The molecule has 4 aliphatic carbocycles. The maximum absolute atomic E-state index is 13.6.